The Morgan fingerprint density at radius 2 is 0.316 bits per heavy atom. The second kappa shape index (κ2) is 50.3. The summed E-state index contributed by atoms with van der Waals surface area (Å²) in [7, 11) is 0. The Morgan fingerprint density at radius 1 is 0.203 bits per heavy atom. The van der Waals surface area contributed by atoms with Crippen LogP contribution < -0.4 is 30.6 Å². The standard InChI is InChI=1S/6C11H14O2.Mo/c6*12-11(13)9-5-4-8-10-6-2-1-3-7-10;/h6*1-3,6-7H,4-5,8-9H2,(H,12,13);/q;;;;;;+6/p-6. The Morgan fingerprint density at radius 3 is 0.418 bits per heavy atom. The van der Waals surface area contributed by atoms with Crippen LogP contribution in [0.1, 0.15) is 149 Å². The van der Waals surface area contributed by atoms with Crippen LogP contribution in [0.5, 0.6) is 0 Å². The number of carbonyl (C=O) groups is 6. The number of carbonyl (C=O) groups excluding carboxylic acids is 6. The molecule has 0 saturated carbocycles. The molecule has 0 N–H and O–H groups in total. The van der Waals surface area contributed by atoms with Crippen molar-refractivity contribution in [3.8, 4) is 0 Å². The third kappa shape index (κ3) is 48.9. The molecule has 13 heteroatoms. The number of aliphatic carboxylic acids is 6. The monoisotopic (exact) mass is 1160 g/mol. The first kappa shape index (κ1) is 71.8. The quantitative estimate of drug-likeness (QED) is 0.0331. The van der Waals surface area contributed by atoms with Crippen LogP contribution in [-0.4, -0.2) is 35.8 Å². The minimum atomic E-state index is -0.951. The summed E-state index contributed by atoms with van der Waals surface area (Å²) in [5.41, 5.74) is 7.59. The summed E-state index contributed by atoms with van der Waals surface area (Å²) in [6, 6.07) is 60.4. The van der Waals surface area contributed by atoms with Gasteiger partial charge in [0.15, 0.2) is 0 Å². The first-order chi connectivity index (χ1) is 37.7. The number of aryl methyl sites for hydroxylation is 6. The molecule has 0 amide bonds. The predicted octanol–water partition coefficient (Wildman–Crippen LogP) is 6.89. The topological polar surface area (TPSA) is 241 Å². The van der Waals surface area contributed by atoms with E-state index in [-0.39, 0.29) is 59.6 Å². The summed E-state index contributed by atoms with van der Waals surface area (Å²) in [4.78, 5) is 60.6. The predicted molar refractivity (Wildman–Crippen MR) is 294 cm³/mol. The Hall–Kier alpha value is -7.17. The molecule has 0 aliphatic carbocycles. The van der Waals surface area contributed by atoms with Gasteiger partial charge in [0.2, 0.25) is 0 Å². The number of unbranched alkanes of at least 4 members (excludes halogenated alkanes) is 6. The van der Waals surface area contributed by atoms with E-state index in [2.05, 4.69) is 72.8 Å². The first-order valence-electron chi connectivity index (χ1n) is 27.2. The van der Waals surface area contributed by atoms with Gasteiger partial charge in [0.05, 0.1) is 0 Å². The SMILES string of the molecule is O=C([O-])CCCCc1ccccc1.O=C([O-])CCCCc1ccccc1.O=C([O-])CCCCc1ccccc1.O=C([O-])CCCCc1ccccc1.O=C([O-])CCCCc1ccccc1.O=C([O-])CCCCc1ccccc1.[Mo+6]. The van der Waals surface area contributed by atoms with Gasteiger partial charge in [0, 0.05) is 35.8 Å². The van der Waals surface area contributed by atoms with Gasteiger partial charge < -0.3 is 59.4 Å². The first-order valence-corrected chi connectivity index (χ1v) is 27.2. The third-order valence-electron chi connectivity index (χ3n) is 11.6. The number of rotatable bonds is 30. The molecule has 0 saturated heterocycles. The largest absolute Gasteiger partial charge is 6.00 e. The van der Waals surface area contributed by atoms with E-state index in [1.165, 1.54) is 33.4 Å². The number of carboxylic acids is 6. The molecule has 0 fully saturated rings. The van der Waals surface area contributed by atoms with Crippen LogP contribution in [0.15, 0.2) is 182 Å². The average molecular weight is 1160 g/mol. The van der Waals surface area contributed by atoms with Crippen molar-refractivity contribution in [1.82, 2.24) is 0 Å². The molecule has 0 spiro atoms. The van der Waals surface area contributed by atoms with Crippen LogP contribution in [0.25, 0.3) is 0 Å². The third-order valence-corrected chi connectivity index (χ3v) is 11.6. The van der Waals surface area contributed by atoms with E-state index in [1.54, 1.807) is 0 Å². The van der Waals surface area contributed by atoms with Gasteiger partial charge in [0.25, 0.3) is 0 Å². The van der Waals surface area contributed by atoms with Gasteiger partial charge in [-0.05, 0) is 187 Å². The number of carboxylic acid groups (broad SMARTS) is 6. The summed E-state index contributed by atoms with van der Waals surface area (Å²) in [5.74, 6) is -5.71. The zero-order chi connectivity index (χ0) is 57.1. The zero-order valence-corrected chi connectivity index (χ0v) is 47.6. The Bertz CT molecular complexity index is 1980. The van der Waals surface area contributed by atoms with Crippen LogP contribution in [-0.2, 0) is 88.4 Å². The molecule has 0 heterocycles. The molecule has 79 heavy (non-hydrogen) atoms. The average Bonchev–Trinajstić information content (AvgIpc) is 3.44. The maximum Gasteiger partial charge on any atom is 6.00 e. The van der Waals surface area contributed by atoms with E-state index in [0.717, 1.165) is 77.0 Å². The van der Waals surface area contributed by atoms with Crippen LogP contribution >= 0.6 is 0 Å². The molecule has 0 bridgehead atoms. The summed E-state index contributed by atoms with van der Waals surface area (Å²) >= 11 is 0. The van der Waals surface area contributed by atoms with Crippen molar-refractivity contribution in [2.75, 3.05) is 0 Å². The minimum absolute atomic E-state index is 0. The van der Waals surface area contributed by atoms with E-state index >= 15 is 0 Å². The molecule has 0 aromatic heterocycles. The Balaban J connectivity index is 0.000000922. The summed E-state index contributed by atoms with van der Waals surface area (Å²) in [6.45, 7) is 0. The molecule has 0 unspecified atom stereocenters. The summed E-state index contributed by atoms with van der Waals surface area (Å²) in [5, 5.41) is 60.6. The molecular weight excluding hydrogens is 1080 g/mol. The fraction of sp³-hybridized carbons (Fsp3) is 0.364. The van der Waals surface area contributed by atoms with Crippen molar-refractivity contribution in [2.45, 2.75) is 154 Å². The molecule has 6 rings (SSSR count). The Labute approximate surface area is 483 Å². The van der Waals surface area contributed by atoms with Crippen molar-refractivity contribution in [1.29, 1.82) is 0 Å². The van der Waals surface area contributed by atoms with Gasteiger partial charge >= 0.3 is 21.1 Å². The van der Waals surface area contributed by atoms with Crippen molar-refractivity contribution in [3.63, 3.8) is 0 Å². The summed E-state index contributed by atoms with van der Waals surface area (Å²) < 4.78 is 0. The fourth-order valence-corrected chi connectivity index (χ4v) is 7.46. The van der Waals surface area contributed by atoms with E-state index in [0.29, 0.717) is 38.5 Å². The molecule has 0 aliphatic rings. The maximum atomic E-state index is 10.1. The number of hydrogen-bond donors (Lipinski definition) is 0. The van der Waals surface area contributed by atoms with Crippen LogP contribution in [0.2, 0.25) is 0 Å². The summed E-state index contributed by atoms with van der Waals surface area (Å²) in [6.07, 6.45) is 16.5. The van der Waals surface area contributed by atoms with Crippen molar-refractivity contribution >= 4 is 35.8 Å². The molecule has 12 nitrogen and oxygen atoms in total. The van der Waals surface area contributed by atoms with Gasteiger partial charge in [-0.25, -0.2) is 0 Å². The van der Waals surface area contributed by atoms with Crippen molar-refractivity contribution in [2.24, 2.45) is 0 Å². The zero-order valence-electron chi connectivity index (χ0n) is 45.6. The van der Waals surface area contributed by atoms with Crippen LogP contribution in [0.4, 0.5) is 0 Å². The molecule has 6 aromatic carbocycles. The molecule has 0 aliphatic heterocycles. The molecule has 0 atom stereocenters. The molecule has 6 aromatic rings. The van der Waals surface area contributed by atoms with Crippen LogP contribution in [0.3, 0.4) is 0 Å². The maximum absolute atomic E-state index is 10.1. The van der Waals surface area contributed by atoms with Gasteiger partial charge in [-0.2, -0.15) is 0 Å². The van der Waals surface area contributed by atoms with Crippen molar-refractivity contribution in [3.05, 3.63) is 215 Å². The van der Waals surface area contributed by atoms with Crippen molar-refractivity contribution < 1.29 is 80.5 Å². The van der Waals surface area contributed by atoms with E-state index in [4.69, 9.17) is 0 Å². The van der Waals surface area contributed by atoms with E-state index in [1.807, 2.05) is 109 Å². The Kier molecular flexibility index (Phi) is 45.8. The van der Waals surface area contributed by atoms with Crippen LogP contribution in [0, 0.1) is 0 Å². The van der Waals surface area contributed by atoms with Gasteiger partial charge in [0.1, 0.15) is 0 Å². The normalized spacial score (nSPS) is 9.72. The molecular formula is C66H78MoO12. The molecule has 420 valence electrons. The second-order valence-corrected chi connectivity index (χ2v) is 18.4. The van der Waals surface area contributed by atoms with E-state index in [9.17, 15) is 59.4 Å². The second-order valence-electron chi connectivity index (χ2n) is 18.4. The van der Waals surface area contributed by atoms with Gasteiger partial charge in [-0.1, -0.05) is 182 Å². The minimum Gasteiger partial charge on any atom is -0.550 e. The molecule has 0 radical (unpaired) electrons. The van der Waals surface area contributed by atoms with E-state index < -0.39 is 35.8 Å². The number of benzene rings is 6. The fourth-order valence-electron chi connectivity index (χ4n) is 7.46. The number of hydrogen-bond acceptors (Lipinski definition) is 12. The smallest absolute Gasteiger partial charge is 0.550 e. The van der Waals surface area contributed by atoms with Gasteiger partial charge in [-0.3, -0.25) is 0 Å². The van der Waals surface area contributed by atoms with Gasteiger partial charge in [-0.15, -0.1) is 0 Å².